The molecule has 1 aromatic rings. The summed E-state index contributed by atoms with van der Waals surface area (Å²) in [6, 6.07) is 1.76. The van der Waals surface area contributed by atoms with Crippen LogP contribution in [0.4, 0.5) is 0 Å². The number of aromatic amines is 1. The smallest absolute Gasteiger partial charge is 0.194 e. The molecule has 1 unspecified atom stereocenters. The molecule has 0 spiro atoms. The Bertz CT molecular complexity index is 220. The van der Waals surface area contributed by atoms with Crippen molar-refractivity contribution in [3.8, 4) is 0 Å². The van der Waals surface area contributed by atoms with Crippen molar-refractivity contribution in [3.63, 3.8) is 0 Å². The Balaban J connectivity index is 2.77. The lowest BCUT2D eigenvalue weighted by atomic mass is 10.1. The van der Waals surface area contributed by atoms with E-state index in [1.165, 1.54) is 0 Å². The molecule has 0 saturated carbocycles. The van der Waals surface area contributed by atoms with Gasteiger partial charge in [-0.3, -0.25) is 9.89 Å². The second-order valence-electron chi connectivity index (χ2n) is 2.07. The van der Waals surface area contributed by atoms with Crippen molar-refractivity contribution in [3.05, 3.63) is 18.0 Å². The van der Waals surface area contributed by atoms with Crippen molar-refractivity contribution in [1.82, 2.24) is 10.2 Å². The molecule has 4 heteroatoms. The summed E-state index contributed by atoms with van der Waals surface area (Å²) in [5, 5.41) is 6.26. The fraction of sp³-hybridized carbons (Fsp3) is 0.333. The number of nitrogens with one attached hydrogen (secondary N) is 1. The van der Waals surface area contributed by atoms with Crippen LogP contribution in [0, 0.1) is 0 Å². The van der Waals surface area contributed by atoms with E-state index in [-0.39, 0.29) is 11.0 Å². The van der Waals surface area contributed by atoms with Crippen LogP contribution in [0.25, 0.3) is 0 Å². The van der Waals surface area contributed by atoms with E-state index in [9.17, 15) is 4.79 Å². The molecule has 0 aliphatic rings. The number of rotatable bonds is 2. The van der Waals surface area contributed by atoms with E-state index in [1.54, 1.807) is 19.2 Å². The summed E-state index contributed by atoms with van der Waals surface area (Å²) in [4.78, 5) is 10.7. The Morgan fingerprint density at radius 1 is 1.90 bits per heavy atom. The van der Waals surface area contributed by atoms with Crippen molar-refractivity contribution < 1.29 is 4.79 Å². The van der Waals surface area contributed by atoms with Crippen LogP contribution < -0.4 is 0 Å². The molecule has 1 aromatic heterocycles. The first-order valence-corrected chi connectivity index (χ1v) is 3.38. The van der Waals surface area contributed by atoms with Gasteiger partial charge in [0, 0.05) is 11.9 Å². The molecule has 0 aliphatic carbocycles. The Morgan fingerprint density at radius 2 is 2.60 bits per heavy atom. The highest BCUT2D eigenvalue weighted by Gasteiger charge is 2.11. The van der Waals surface area contributed by atoms with Crippen LogP contribution in [0.3, 0.4) is 0 Å². The number of carbonyl (C=O) groups excluding carboxylic acids is 1. The lowest BCUT2D eigenvalue weighted by molar-refractivity contribution is -0.111. The van der Waals surface area contributed by atoms with Gasteiger partial charge in [-0.05, 0) is 13.0 Å². The summed E-state index contributed by atoms with van der Waals surface area (Å²) in [5.41, 5.74) is 0.806. The maximum Gasteiger partial charge on any atom is 0.194 e. The molecule has 1 N–H and O–H groups in total. The Kier molecular flexibility index (Phi) is 2.11. The average molecular weight is 156 g/mol. The second kappa shape index (κ2) is 2.88. The van der Waals surface area contributed by atoms with Crippen molar-refractivity contribution in [2.24, 2.45) is 0 Å². The first-order chi connectivity index (χ1) is 4.72. The molecule has 0 radical (unpaired) electrons. The highest BCUT2D eigenvalue weighted by Crippen LogP contribution is 2.13. The van der Waals surface area contributed by atoms with Crippen LogP contribution in [0.15, 0.2) is 12.3 Å². The van der Waals surface area contributed by atoms with E-state index in [0.29, 0.717) is 0 Å². The van der Waals surface area contributed by atoms with Gasteiger partial charge in [-0.25, -0.2) is 0 Å². The van der Waals surface area contributed by atoms with E-state index in [1.807, 2.05) is 0 Å². The van der Waals surface area contributed by atoms with E-state index in [2.05, 4.69) is 22.8 Å². The first kappa shape index (κ1) is 7.34. The van der Waals surface area contributed by atoms with E-state index < -0.39 is 0 Å². The number of aromatic nitrogens is 2. The van der Waals surface area contributed by atoms with Gasteiger partial charge in [0.25, 0.3) is 0 Å². The molecule has 1 heterocycles. The molecule has 0 bridgehead atoms. The van der Waals surface area contributed by atoms with Gasteiger partial charge in [0.05, 0.1) is 5.92 Å². The monoisotopic (exact) mass is 156 g/mol. The minimum absolute atomic E-state index is 0.149. The van der Waals surface area contributed by atoms with Crippen LogP contribution in [0.5, 0.6) is 0 Å². The van der Waals surface area contributed by atoms with Gasteiger partial charge < -0.3 is 0 Å². The molecular weight excluding hydrogens is 148 g/mol. The second-order valence-corrected chi connectivity index (χ2v) is 2.51. The molecule has 0 saturated heterocycles. The zero-order chi connectivity index (χ0) is 7.56. The summed E-state index contributed by atoms with van der Waals surface area (Å²) < 4.78 is 0. The van der Waals surface area contributed by atoms with E-state index in [0.717, 1.165) is 5.69 Å². The molecule has 0 aromatic carbocycles. The van der Waals surface area contributed by atoms with Gasteiger partial charge in [-0.1, -0.05) is 0 Å². The summed E-state index contributed by atoms with van der Waals surface area (Å²) in [6.45, 7) is 1.78. The molecule has 1 rings (SSSR count). The minimum Gasteiger partial charge on any atom is -0.287 e. The average Bonchev–Trinajstić information content (AvgIpc) is 2.36. The summed E-state index contributed by atoms with van der Waals surface area (Å²) in [6.07, 6.45) is 1.61. The van der Waals surface area contributed by atoms with Gasteiger partial charge in [-0.2, -0.15) is 5.10 Å². The third kappa shape index (κ3) is 1.39. The number of H-pyrrole nitrogens is 1. The number of hydrogen-bond acceptors (Lipinski definition) is 2. The molecule has 10 heavy (non-hydrogen) atoms. The normalized spacial score (nSPS) is 13.0. The number of hydrogen-bond donors (Lipinski definition) is 2. The van der Waals surface area contributed by atoms with Crippen molar-refractivity contribution in [2.45, 2.75) is 12.8 Å². The molecule has 0 amide bonds. The SMILES string of the molecule is CC(C(=O)S)c1ccn[nH]1. The topological polar surface area (TPSA) is 45.8 Å². The highest BCUT2D eigenvalue weighted by molar-refractivity contribution is 7.96. The zero-order valence-electron chi connectivity index (χ0n) is 5.53. The third-order valence-corrected chi connectivity index (χ3v) is 1.75. The maximum atomic E-state index is 10.7. The largest absolute Gasteiger partial charge is 0.287 e. The number of carbonyl (C=O) groups is 1. The quantitative estimate of drug-likeness (QED) is 0.627. The lowest BCUT2D eigenvalue weighted by Gasteiger charge is -2.00. The Morgan fingerprint density at radius 3 is 3.00 bits per heavy atom. The highest BCUT2D eigenvalue weighted by atomic mass is 32.1. The minimum atomic E-state index is -0.189. The molecule has 54 valence electrons. The van der Waals surface area contributed by atoms with Crippen LogP contribution >= 0.6 is 12.6 Å². The van der Waals surface area contributed by atoms with Crippen LogP contribution in [-0.2, 0) is 4.79 Å². The van der Waals surface area contributed by atoms with Gasteiger partial charge in [0.1, 0.15) is 0 Å². The van der Waals surface area contributed by atoms with Crippen LogP contribution in [0.2, 0.25) is 0 Å². The Labute approximate surface area is 64.2 Å². The standard InChI is InChI=1S/C6H8N2OS/c1-4(6(9)10)5-2-3-7-8-5/h2-4H,1H3,(H,7,8)(H,9,10). The predicted octanol–water partition coefficient (Wildman–Crippen LogP) is 0.970. The summed E-state index contributed by atoms with van der Waals surface area (Å²) >= 11 is 3.69. The fourth-order valence-electron chi connectivity index (χ4n) is 0.641. The number of thiol groups is 1. The van der Waals surface area contributed by atoms with Gasteiger partial charge >= 0.3 is 0 Å². The molecule has 3 nitrogen and oxygen atoms in total. The van der Waals surface area contributed by atoms with Crippen LogP contribution in [0.1, 0.15) is 18.5 Å². The van der Waals surface area contributed by atoms with Gasteiger partial charge in [0.15, 0.2) is 5.12 Å². The van der Waals surface area contributed by atoms with Crippen molar-refractivity contribution in [1.29, 1.82) is 0 Å². The van der Waals surface area contributed by atoms with Gasteiger partial charge in [-0.15, -0.1) is 12.6 Å². The Hall–Kier alpha value is -0.770. The van der Waals surface area contributed by atoms with Crippen LogP contribution in [-0.4, -0.2) is 15.3 Å². The van der Waals surface area contributed by atoms with E-state index >= 15 is 0 Å². The third-order valence-electron chi connectivity index (χ3n) is 1.36. The molecule has 0 aliphatic heterocycles. The maximum absolute atomic E-state index is 10.7. The van der Waals surface area contributed by atoms with Gasteiger partial charge in [0.2, 0.25) is 0 Å². The zero-order valence-corrected chi connectivity index (χ0v) is 6.43. The van der Waals surface area contributed by atoms with Crippen molar-refractivity contribution >= 4 is 17.7 Å². The first-order valence-electron chi connectivity index (χ1n) is 2.94. The van der Waals surface area contributed by atoms with E-state index in [4.69, 9.17) is 0 Å². The molecule has 1 atom stereocenters. The summed E-state index contributed by atoms with van der Waals surface area (Å²) in [7, 11) is 0. The lowest BCUT2D eigenvalue weighted by Crippen LogP contribution is -2.01. The molecular formula is C6H8N2OS. The summed E-state index contributed by atoms with van der Waals surface area (Å²) in [5.74, 6) is -0.189. The number of nitrogens with zero attached hydrogens (tertiary/aromatic N) is 1. The molecule has 0 fully saturated rings. The fourth-order valence-corrected chi connectivity index (χ4v) is 0.780. The predicted molar refractivity (Wildman–Crippen MR) is 41.0 cm³/mol. The van der Waals surface area contributed by atoms with Crippen molar-refractivity contribution in [2.75, 3.05) is 0 Å².